The molecule has 2 N–H and O–H groups in total. The first-order valence-electron chi connectivity index (χ1n) is 8.03. The number of nitrogens with zero attached hydrogens (tertiary/aromatic N) is 6. The van der Waals surface area contributed by atoms with Gasteiger partial charge in [0, 0.05) is 18.0 Å². The van der Waals surface area contributed by atoms with E-state index in [1.807, 2.05) is 6.92 Å². The maximum atomic E-state index is 9.41. The molecule has 0 saturated heterocycles. The molecule has 3 aromatic heterocycles. The molecule has 27 heavy (non-hydrogen) atoms. The highest BCUT2D eigenvalue weighted by atomic mass is 15.1. The number of nitrogens with one attached hydrogen (secondary N) is 2. The largest absolute Gasteiger partial charge is 0.338 e. The number of hydrogen-bond acceptors (Lipinski definition) is 7. The van der Waals surface area contributed by atoms with Crippen molar-refractivity contribution in [3.8, 4) is 23.5 Å². The summed E-state index contributed by atoms with van der Waals surface area (Å²) in [6.07, 6.45) is 3.11. The number of pyridine rings is 1. The Balaban J connectivity index is 1.86. The van der Waals surface area contributed by atoms with E-state index in [-0.39, 0.29) is 0 Å². The highest BCUT2D eigenvalue weighted by molar-refractivity contribution is 5.90. The number of H-pyrrole nitrogens is 1. The number of imidazole rings is 1. The van der Waals surface area contributed by atoms with E-state index in [1.54, 1.807) is 36.5 Å². The lowest BCUT2D eigenvalue weighted by Gasteiger charge is -2.05. The molecule has 0 aliphatic carbocycles. The quantitative estimate of drug-likeness (QED) is 0.579. The molecule has 3 heterocycles. The number of aryl methyl sites for hydroxylation is 1. The van der Waals surface area contributed by atoms with Gasteiger partial charge in [0.25, 0.3) is 0 Å². The fourth-order valence-corrected chi connectivity index (χ4v) is 2.78. The summed E-state index contributed by atoms with van der Waals surface area (Å²) in [4.78, 5) is 20.4. The van der Waals surface area contributed by atoms with Gasteiger partial charge in [-0.05, 0) is 25.1 Å². The Morgan fingerprint density at radius 3 is 2.52 bits per heavy atom. The molecule has 0 spiro atoms. The van der Waals surface area contributed by atoms with Crippen molar-refractivity contribution in [1.29, 1.82) is 10.5 Å². The number of anilines is 2. The number of aromatic nitrogens is 5. The summed E-state index contributed by atoms with van der Waals surface area (Å²) >= 11 is 0. The molecule has 8 heteroatoms. The monoisotopic (exact) mass is 352 g/mol. The van der Waals surface area contributed by atoms with Gasteiger partial charge in [-0.3, -0.25) is 0 Å². The van der Waals surface area contributed by atoms with Crippen molar-refractivity contribution >= 4 is 22.7 Å². The second kappa shape index (κ2) is 6.54. The Hall–Kier alpha value is -4.30. The Morgan fingerprint density at radius 2 is 1.81 bits per heavy atom. The van der Waals surface area contributed by atoms with Crippen LogP contribution in [0.2, 0.25) is 0 Å². The van der Waals surface area contributed by atoms with Crippen LogP contribution in [0.1, 0.15) is 16.8 Å². The van der Waals surface area contributed by atoms with Crippen molar-refractivity contribution in [2.45, 2.75) is 6.92 Å². The average Bonchev–Trinajstić information content (AvgIpc) is 3.12. The topological polar surface area (TPSA) is 127 Å². The second-order valence-corrected chi connectivity index (χ2v) is 5.76. The van der Waals surface area contributed by atoms with Crippen molar-refractivity contribution in [1.82, 2.24) is 24.9 Å². The van der Waals surface area contributed by atoms with Crippen LogP contribution < -0.4 is 5.32 Å². The van der Waals surface area contributed by atoms with Crippen molar-refractivity contribution in [2.24, 2.45) is 0 Å². The van der Waals surface area contributed by atoms with Crippen LogP contribution in [0.25, 0.3) is 22.4 Å². The fourth-order valence-electron chi connectivity index (χ4n) is 2.78. The predicted molar refractivity (Wildman–Crippen MR) is 98.8 cm³/mol. The molecule has 0 saturated carbocycles. The number of nitriles is 2. The molecular weight excluding hydrogens is 340 g/mol. The second-order valence-electron chi connectivity index (χ2n) is 5.76. The van der Waals surface area contributed by atoms with Gasteiger partial charge in [-0.15, -0.1) is 0 Å². The SMILES string of the molecule is Cc1cc(Nc2nccc3[nH]c(-c4c(C#N)cccc4C#N)nc23)ncn1. The van der Waals surface area contributed by atoms with Crippen molar-refractivity contribution < 1.29 is 0 Å². The van der Waals surface area contributed by atoms with Gasteiger partial charge in [0.1, 0.15) is 23.5 Å². The van der Waals surface area contributed by atoms with E-state index in [1.165, 1.54) is 6.33 Å². The van der Waals surface area contributed by atoms with Crippen LogP contribution in [-0.2, 0) is 0 Å². The molecule has 0 radical (unpaired) electrons. The van der Waals surface area contributed by atoms with Crippen LogP contribution in [0.15, 0.2) is 42.9 Å². The third-order valence-corrected chi connectivity index (χ3v) is 3.99. The molecule has 0 unspecified atom stereocenters. The van der Waals surface area contributed by atoms with E-state index < -0.39 is 0 Å². The van der Waals surface area contributed by atoms with Crippen LogP contribution in [-0.4, -0.2) is 24.9 Å². The number of rotatable bonds is 3. The van der Waals surface area contributed by atoms with Crippen LogP contribution >= 0.6 is 0 Å². The standard InChI is InChI=1S/C19H12N8/c1-11-7-15(24-10-23-11)26-19-17-14(5-6-22-19)25-18(27-17)16-12(8-20)3-2-4-13(16)9-21/h2-7,10H,1H3,(H,25,27)(H,22,23,24,26). The molecule has 0 aliphatic rings. The third-order valence-electron chi connectivity index (χ3n) is 3.99. The Morgan fingerprint density at radius 1 is 1.04 bits per heavy atom. The van der Waals surface area contributed by atoms with Gasteiger partial charge in [0.2, 0.25) is 0 Å². The van der Waals surface area contributed by atoms with E-state index in [9.17, 15) is 10.5 Å². The molecule has 128 valence electrons. The summed E-state index contributed by atoms with van der Waals surface area (Å²) in [7, 11) is 0. The molecule has 4 aromatic rings. The fraction of sp³-hybridized carbons (Fsp3) is 0.0526. The normalized spacial score (nSPS) is 10.3. The highest BCUT2D eigenvalue weighted by Gasteiger charge is 2.16. The number of benzene rings is 1. The first kappa shape index (κ1) is 16.2. The van der Waals surface area contributed by atoms with Crippen LogP contribution in [0, 0.1) is 29.6 Å². The minimum atomic E-state index is 0.377. The van der Waals surface area contributed by atoms with Gasteiger partial charge in [-0.1, -0.05) is 6.07 Å². The Bertz CT molecular complexity index is 1210. The van der Waals surface area contributed by atoms with E-state index in [0.29, 0.717) is 39.7 Å². The van der Waals surface area contributed by atoms with Gasteiger partial charge in [-0.25, -0.2) is 19.9 Å². The molecule has 0 fully saturated rings. The maximum Gasteiger partial charge on any atom is 0.159 e. The van der Waals surface area contributed by atoms with E-state index >= 15 is 0 Å². The van der Waals surface area contributed by atoms with Gasteiger partial charge >= 0.3 is 0 Å². The predicted octanol–water partition coefficient (Wildman–Crippen LogP) is 3.21. The lowest BCUT2D eigenvalue weighted by atomic mass is 10.0. The molecule has 8 nitrogen and oxygen atoms in total. The summed E-state index contributed by atoms with van der Waals surface area (Å²) in [6.45, 7) is 1.87. The Labute approximate surface area is 154 Å². The third kappa shape index (κ3) is 2.92. The summed E-state index contributed by atoms with van der Waals surface area (Å²) < 4.78 is 0. The molecule has 0 bridgehead atoms. The van der Waals surface area contributed by atoms with Gasteiger partial charge < -0.3 is 10.3 Å². The molecule has 1 aromatic carbocycles. The molecule has 4 rings (SSSR count). The lowest BCUT2D eigenvalue weighted by Crippen LogP contribution is -1.98. The summed E-state index contributed by atoms with van der Waals surface area (Å²) in [5, 5.41) is 22.0. The number of hydrogen-bond donors (Lipinski definition) is 2. The first-order chi connectivity index (χ1) is 13.2. The Kier molecular flexibility index (Phi) is 3.92. The summed E-state index contributed by atoms with van der Waals surface area (Å²) in [5.41, 5.74) is 3.36. The molecular formula is C19H12N8. The number of fused-ring (bicyclic) bond motifs is 1. The van der Waals surface area contributed by atoms with Crippen LogP contribution in [0.5, 0.6) is 0 Å². The maximum absolute atomic E-state index is 9.41. The van der Waals surface area contributed by atoms with E-state index in [0.717, 1.165) is 11.2 Å². The van der Waals surface area contributed by atoms with Crippen LogP contribution in [0.3, 0.4) is 0 Å². The minimum Gasteiger partial charge on any atom is -0.338 e. The highest BCUT2D eigenvalue weighted by Crippen LogP contribution is 2.29. The van der Waals surface area contributed by atoms with Crippen molar-refractivity contribution in [2.75, 3.05) is 5.32 Å². The first-order valence-corrected chi connectivity index (χ1v) is 8.03. The molecule has 0 aliphatic heterocycles. The average molecular weight is 352 g/mol. The summed E-state index contributed by atoms with van der Waals surface area (Å²) in [6, 6.07) is 12.8. The minimum absolute atomic E-state index is 0.377. The van der Waals surface area contributed by atoms with E-state index in [4.69, 9.17) is 0 Å². The zero-order valence-electron chi connectivity index (χ0n) is 14.2. The van der Waals surface area contributed by atoms with Gasteiger partial charge in [0.05, 0.1) is 34.3 Å². The van der Waals surface area contributed by atoms with Gasteiger partial charge in [-0.2, -0.15) is 10.5 Å². The lowest BCUT2D eigenvalue weighted by molar-refractivity contribution is 1.10. The zero-order chi connectivity index (χ0) is 18.8. The molecule has 0 atom stereocenters. The van der Waals surface area contributed by atoms with Crippen LogP contribution in [0.4, 0.5) is 11.6 Å². The smallest absolute Gasteiger partial charge is 0.159 e. The number of aromatic amines is 1. The summed E-state index contributed by atoms with van der Waals surface area (Å²) in [5.74, 6) is 1.55. The van der Waals surface area contributed by atoms with Gasteiger partial charge in [0.15, 0.2) is 5.82 Å². The van der Waals surface area contributed by atoms with Crippen molar-refractivity contribution in [3.05, 3.63) is 59.7 Å². The van der Waals surface area contributed by atoms with E-state index in [2.05, 4.69) is 42.4 Å². The molecule has 0 amide bonds. The zero-order valence-corrected chi connectivity index (χ0v) is 14.2. The van der Waals surface area contributed by atoms with Crippen molar-refractivity contribution in [3.63, 3.8) is 0 Å².